The SMILES string of the molecule is Cc1cc(N2CC3CC(C2)N3c2ncnc3c(C)csc23)ncn1. The Kier molecular flexibility index (Phi) is 3.00. The van der Waals surface area contributed by atoms with E-state index in [0.717, 1.165) is 35.9 Å². The van der Waals surface area contributed by atoms with Crippen LogP contribution in [0.4, 0.5) is 11.6 Å². The number of piperidine rings is 1. The molecule has 0 amide bonds. The first-order chi connectivity index (χ1) is 11.7. The summed E-state index contributed by atoms with van der Waals surface area (Å²) in [6, 6.07) is 3.07. The van der Waals surface area contributed by atoms with Gasteiger partial charge < -0.3 is 9.80 Å². The molecule has 0 aromatic carbocycles. The van der Waals surface area contributed by atoms with Gasteiger partial charge in [-0.2, -0.15) is 0 Å². The number of thiophene rings is 1. The molecule has 24 heavy (non-hydrogen) atoms. The van der Waals surface area contributed by atoms with Crippen LogP contribution in [0.1, 0.15) is 17.7 Å². The van der Waals surface area contributed by atoms with Crippen LogP contribution in [0.3, 0.4) is 0 Å². The summed E-state index contributed by atoms with van der Waals surface area (Å²) in [6.45, 7) is 6.11. The summed E-state index contributed by atoms with van der Waals surface area (Å²) in [5.41, 5.74) is 3.35. The number of hydrogen-bond donors (Lipinski definition) is 0. The molecule has 0 aliphatic carbocycles. The highest BCUT2D eigenvalue weighted by atomic mass is 32.1. The molecule has 7 heteroatoms. The molecule has 0 radical (unpaired) electrons. The van der Waals surface area contributed by atoms with E-state index in [-0.39, 0.29) is 0 Å². The molecule has 6 heterocycles. The zero-order valence-corrected chi connectivity index (χ0v) is 14.5. The molecule has 3 aromatic rings. The lowest BCUT2D eigenvalue weighted by molar-refractivity contribution is 0.289. The smallest absolute Gasteiger partial charge is 0.150 e. The molecule has 6 nitrogen and oxygen atoms in total. The zero-order chi connectivity index (χ0) is 16.3. The predicted octanol–water partition coefficient (Wildman–Crippen LogP) is 2.57. The highest BCUT2D eigenvalue weighted by Crippen LogP contribution is 2.41. The summed E-state index contributed by atoms with van der Waals surface area (Å²) >= 11 is 1.76. The summed E-state index contributed by atoms with van der Waals surface area (Å²) in [7, 11) is 0. The number of nitrogens with zero attached hydrogens (tertiary/aromatic N) is 6. The molecule has 3 aliphatic rings. The van der Waals surface area contributed by atoms with Crippen LogP contribution >= 0.6 is 11.3 Å². The van der Waals surface area contributed by atoms with Gasteiger partial charge in [-0.1, -0.05) is 0 Å². The molecule has 2 atom stereocenters. The Labute approximate surface area is 144 Å². The third kappa shape index (κ3) is 2.00. The lowest BCUT2D eigenvalue weighted by Gasteiger charge is -2.57. The molecule has 3 fully saturated rings. The van der Waals surface area contributed by atoms with E-state index in [2.05, 4.69) is 48.1 Å². The van der Waals surface area contributed by atoms with E-state index in [9.17, 15) is 0 Å². The summed E-state index contributed by atoms with van der Waals surface area (Å²) < 4.78 is 1.22. The first-order valence-corrected chi connectivity index (χ1v) is 9.09. The Morgan fingerprint density at radius 3 is 2.62 bits per heavy atom. The average molecular weight is 338 g/mol. The van der Waals surface area contributed by atoms with Crippen molar-refractivity contribution < 1.29 is 0 Å². The monoisotopic (exact) mass is 338 g/mol. The fourth-order valence-electron chi connectivity index (χ4n) is 3.90. The van der Waals surface area contributed by atoms with E-state index >= 15 is 0 Å². The second kappa shape index (κ2) is 5.11. The van der Waals surface area contributed by atoms with Crippen LogP contribution in [-0.4, -0.2) is 45.1 Å². The van der Waals surface area contributed by atoms with Gasteiger partial charge in [-0.3, -0.25) is 0 Å². The van der Waals surface area contributed by atoms with Crippen molar-refractivity contribution in [3.8, 4) is 0 Å². The normalized spacial score (nSPS) is 22.8. The fourth-order valence-corrected chi connectivity index (χ4v) is 4.89. The Morgan fingerprint density at radius 1 is 1.04 bits per heavy atom. The summed E-state index contributed by atoms with van der Waals surface area (Å²) in [6.07, 6.45) is 4.60. The summed E-state index contributed by atoms with van der Waals surface area (Å²) in [5, 5.41) is 2.17. The van der Waals surface area contributed by atoms with Gasteiger partial charge in [0, 0.05) is 24.8 Å². The van der Waals surface area contributed by atoms with Gasteiger partial charge in [-0.15, -0.1) is 11.3 Å². The molecule has 3 aliphatic heterocycles. The standard InChI is InChI=1S/C17H18N6S/c1-10-7-24-16-15(10)20-9-21-17(16)23-12-4-13(23)6-22(5-12)14-3-11(2)18-8-19-14/h3,7-9,12-13H,4-6H2,1-2H3. The summed E-state index contributed by atoms with van der Waals surface area (Å²) in [4.78, 5) is 22.6. The molecule has 2 unspecified atom stereocenters. The van der Waals surface area contributed by atoms with Gasteiger partial charge >= 0.3 is 0 Å². The van der Waals surface area contributed by atoms with Crippen LogP contribution in [0, 0.1) is 13.8 Å². The van der Waals surface area contributed by atoms with Crippen LogP contribution in [0.2, 0.25) is 0 Å². The number of anilines is 2. The molecule has 122 valence electrons. The van der Waals surface area contributed by atoms with Crippen LogP contribution in [0.15, 0.2) is 24.1 Å². The van der Waals surface area contributed by atoms with E-state index in [0.29, 0.717) is 12.1 Å². The average Bonchev–Trinajstić information content (AvgIpc) is 2.97. The van der Waals surface area contributed by atoms with Gasteiger partial charge in [0.25, 0.3) is 0 Å². The minimum absolute atomic E-state index is 0.500. The molecule has 3 aromatic heterocycles. The second-order valence-electron chi connectivity index (χ2n) is 6.67. The number of aryl methyl sites for hydroxylation is 2. The first kappa shape index (κ1) is 14.1. The van der Waals surface area contributed by atoms with Gasteiger partial charge in [-0.05, 0) is 31.2 Å². The lowest BCUT2D eigenvalue weighted by atomic mass is 9.87. The summed E-state index contributed by atoms with van der Waals surface area (Å²) in [5.74, 6) is 2.15. The van der Waals surface area contributed by atoms with Crippen LogP contribution in [-0.2, 0) is 0 Å². The number of rotatable bonds is 2. The van der Waals surface area contributed by atoms with Crippen molar-refractivity contribution in [2.24, 2.45) is 0 Å². The van der Waals surface area contributed by atoms with E-state index in [1.165, 1.54) is 16.7 Å². The zero-order valence-electron chi connectivity index (χ0n) is 13.7. The number of hydrogen-bond acceptors (Lipinski definition) is 7. The van der Waals surface area contributed by atoms with Gasteiger partial charge in [0.05, 0.1) is 22.3 Å². The van der Waals surface area contributed by atoms with Crippen LogP contribution in [0.25, 0.3) is 10.2 Å². The minimum atomic E-state index is 0.500. The molecule has 0 saturated carbocycles. The molecular formula is C17H18N6S. The first-order valence-electron chi connectivity index (χ1n) is 8.21. The van der Waals surface area contributed by atoms with E-state index in [4.69, 9.17) is 0 Å². The highest BCUT2D eigenvalue weighted by Gasteiger charge is 2.46. The lowest BCUT2D eigenvalue weighted by Crippen LogP contribution is -2.69. The van der Waals surface area contributed by atoms with Crippen molar-refractivity contribution in [1.29, 1.82) is 0 Å². The van der Waals surface area contributed by atoms with Crippen LogP contribution in [0.5, 0.6) is 0 Å². The van der Waals surface area contributed by atoms with Crippen molar-refractivity contribution in [2.75, 3.05) is 22.9 Å². The predicted molar refractivity (Wildman–Crippen MR) is 95.8 cm³/mol. The largest absolute Gasteiger partial charge is 0.352 e. The van der Waals surface area contributed by atoms with Crippen molar-refractivity contribution in [3.63, 3.8) is 0 Å². The quantitative estimate of drug-likeness (QED) is 0.716. The van der Waals surface area contributed by atoms with E-state index in [1.54, 1.807) is 24.0 Å². The number of fused-ring (bicyclic) bond motifs is 3. The van der Waals surface area contributed by atoms with Gasteiger partial charge in [0.2, 0.25) is 0 Å². The Hall–Kier alpha value is -2.28. The fraction of sp³-hybridized carbons (Fsp3) is 0.412. The van der Waals surface area contributed by atoms with Gasteiger partial charge in [0.1, 0.15) is 18.5 Å². The molecule has 3 saturated heterocycles. The topological polar surface area (TPSA) is 58.0 Å². The number of aromatic nitrogens is 4. The maximum Gasteiger partial charge on any atom is 0.150 e. The maximum atomic E-state index is 4.62. The van der Waals surface area contributed by atoms with Crippen molar-refractivity contribution in [2.45, 2.75) is 32.4 Å². The van der Waals surface area contributed by atoms with Crippen LogP contribution < -0.4 is 9.80 Å². The van der Waals surface area contributed by atoms with Gasteiger partial charge in [-0.25, -0.2) is 19.9 Å². The van der Waals surface area contributed by atoms with Crippen molar-refractivity contribution in [3.05, 3.63) is 35.4 Å². The Bertz CT molecular complexity index is 910. The minimum Gasteiger partial charge on any atom is -0.352 e. The molecular weight excluding hydrogens is 320 g/mol. The van der Waals surface area contributed by atoms with E-state index < -0.39 is 0 Å². The van der Waals surface area contributed by atoms with Crippen molar-refractivity contribution in [1.82, 2.24) is 19.9 Å². The highest BCUT2D eigenvalue weighted by molar-refractivity contribution is 7.18. The molecule has 2 bridgehead atoms. The Morgan fingerprint density at radius 2 is 1.83 bits per heavy atom. The van der Waals surface area contributed by atoms with E-state index in [1.807, 2.05) is 6.92 Å². The third-order valence-corrected chi connectivity index (χ3v) is 6.15. The molecule has 0 spiro atoms. The third-order valence-electron chi connectivity index (χ3n) is 5.06. The van der Waals surface area contributed by atoms with Crippen molar-refractivity contribution >= 4 is 33.2 Å². The van der Waals surface area contributed by atoms with Gasteiger partial charge in [0.15, 0.2) is 5.82 Å². The Balaban J connectivity index is 1.45. The second-order valence-corrected chi connectivity index (χ2v) is 7.55. The number of piperazine rings is 1. The molecule has 6 rings (SSSR count). The maximum absolute atomic E-state index is 4.62. The molecule has 0 N–H and O–H groups in total.